The molecule has 2 saturated carbocycles. The van der Waals surface area contributed by atoms with E-state index in [0.717, 1.165) is 50.1 Å². The Morgan fingerprint density at radius 1 is 0.658 bits per heavy atom. The Kier molecular flexibility index (Phi) is 17.9. The molecule has 2 aliphatic carbocycles. The molecule has 226 valence electrons. The summed E-state index contributed by atoms with van der Waals surface area (Å²) in [5, 5.41) is 0. The minimum atomic E-state index is -3.97. The second kappa shape index (κ2) is 19.6. The summed E-state index contributed by atoms with van der Waals surface area (Å²) in [6.07, 6.45) is 30.1. The minimum Gasteiger partial charge on any atom is -0.302 e. The van der Waals surface area contributed by atoms with Crippen molar-refractivity contribution in [2.75, 3.05) is 18.5 Å². The van der Waals surface area contributed by atoms with Gasteiger partial charge in [-0.25, -0.2) is 4.57 Å². The molecule has 0 aromatic carbocycles. The Hall–Kier alpha value is 0.540. The fourth-order valence-electron chi connectivity index (χ4n) is 7.38. The zero-order valence-corrected chi connectivity index (χ0v) is 27.6. The van der Waals surface area contributed by atoms with E-state index in [1.165, 1.54) is 115 Å². The third-order valence-corrected chi connectivity index (χ3v) is 16.4. The topological polar surface area (TPSA) is 55.8 Å². The second-order valence-corrected chi connectivity index (χ2v) is 18.5. The van der Waals surface area contributed by atoms with E-state index in [9.17, 15) is 9.46 Å². The lowest BCUT2D eigenvalue weighted by molar-refractivity contribution is 0.0410. The molecule has 2 rings (SSSR count). The van der Waals surface area contributed by atoms with E-state index in [-0.39, 0.29) is 12.2 Å². The molecule has 38 heavy (non-hydrogen) atoms. The van der Waals surface area contributed by atoms with Crippen LogP contribution in [0, 0.1) is 5.92 Å². The summed E-state index contributed by atoms with van der Waals surface area (Å²) in [5.41, 5.74) is 0.897. The largest absolute Gasteiger partial charge is 0.472 e. The first-order valence-electron chi connectivity index (χ1n) is 16.9. The van der Waals surface area contributed by atoms with Gasteiger partial charge in [0.1, 0.15) is 0 Å². The third-order valence-electron chi connectivity index (χ3n) is 9.56. The van der Waals surface area contributed by atoms with Gasteiger partial charge in [-0.2, -0.15) is 0 Å². The van der Waals surface area contributed by atoms with E-state index in [4.69, 9.17) is 9.05 Å². The van der Waals surface area contributed by atoms with Crippen LogP contribution in [0.15, 0.2) is 0 Å². The van der Waals surface area contributed by atoms with Crippen LogP contribution in [0.25, 0.3) is 0 Å². The van der Waals surface area contributed by atoms with Crippen molar-refractivity contribution in [3.8, 4) is 0 Å². The van der Waals surface area contributed by atoms with E-state index < -0.39 is 15.1 Å². The number of phosphoric ester groups is 1. The van der Waals surface area contributed by atoms with Crippen LogP contribution in [0.4, 0.5) is 0 Å². The standard InChI is InChI=1S/C32H64O4P2/c1-5-9-16-26-37(27-17-10-6-2,28-18-11-7-3)32(21-12-8-4)29-22-24-31(25-23-29)36-38(33,34)35-30-19-14-13-15-20-30/h29-32H,5-28H2,1-4H3/p+1. The van der Waals surface area contributed by atoms with Gasteiger partial charge in [0.15, 0.2) is 0 Å². The molecule has 0 aromatic heterocycles. The lowest BCUT2D eigenvalue weighted by Gasteiger charge is -2.42. The van der Waals surface area contributed by atoms with Gasteiger partial charge in [-0.3, -0.25) is 9.05 Å². The van der Waals surface area contributed by atoms with Crippen molar-refractivity contribution in [3.05, 3.63) is 0 Å². The summed E-state index contributed by atoms with van der Waals surface area (Å²) in [6, 6.07) is 0. The quantitative estimate of drug-likeness (QED) is 0.109. The first-order chi connectivity index (χ1) is 18.4. The Bertz CT molecular complexity index is 602. The smallest absolute Gasteiger partial charge is 0.302 e. The summed E-state index contributed by atoms with van der Waals surface area (Å²) >= 11 is 0. The Balaban J connectivity index is 2.11. The highest BCUT2D eigenvalue weighted by Crippen LogP contribution is 2.69. The molecule has 2 aliphatic rings. The van der Waals surface area contributed by atoms with Crippen molar-refractivity contribution >= 4 is 15.1 Å². The number of hydrogen-bond donors (Lipinski definition) is 1. The molecular weight excluding hydrogens is 510 g/mol. The fourth-order valence-corrected chi connectivity index (χ4v) is 14.8. The number of hydrogen-bond acceptors (Lipinski definition) is 3. The summed E-state index contributed by atoms with van der Waals surface area (Å²) in [7, 11) is -5.02. The third kappa shape index (κ3) is 12.6. The predicted molar refractivity (Wildman–Crippen MR) is 168 cm³/mol. The Morgan fingerprint density at radius 2 is 1.11 bits per heavy atom. The van der Waals surface area contributed by atoms with Crippen LogP contribution in [0.5, 0.6) is 0 Å². The van der Waals surface area contributed by atoms with Crippen LogP contribution in [0.3, 0.4) is 0 Å². The maximum atomic E-state index is 12.8. The first kappa shape index (κ1) is 34.7. The van der Waals surface area contributed by atoms with Crippen molar-refractivity contribution in [2.24, 2.45) is 5.92 Å². The van der Waals surface area contributed by atoms with E-state index >= 15 is 0 Å². The molecule has 2 unspecified atom stereocenters. The van der Waals surface area contributed by atoms with Gasteiger partial charge in [0.2, 0.25) is 0 Å². The van der Waals surface area contributed by atoms with Crippen LogP contribution >= 0.6 is 15.1 Å². The Labute approximate surface area is 238 Å². The SMILES string of the molecule is CCCCC[P+](CCCCC)(CCCCC)C(CCCC)C1CCC(OP(=O)(O)OC2CCCCC2)CC1. The molecule has 0 aliphatic heterocycles. The average Bonchev–Trinajstić information content (AvgIpc) is 2.90. The van der Waals surface area contributed by atoms with Gasteiger partial charge in [0.25, 0.3) is 0 Å². The number of phosphoric acid groups is 1. The first-order valence-corrected chi connectivity index (χ1v) is 20.9. The van der Waals surface area contributed by atoms with E-state index in [1.807, 2.05) is 0 Å². The summed E-state index contributed by atoms with van der Waals surface area (Å²) in [4.78, 5) is 10.5. The maximum Gasteiger partial charge on any atom is 0.472 e. The van der Waals surface area contributed by atoms with Crippen molar-refractivity contribution in [2.45, 2.75) is 180 Å². The lowest BCUT2D eigenvalue weighted by atomic mass is 9.84. The van der Waals surface area contributed by atoms with E-state index in [0.29, 0.717) is 0 Å². The average molecular weight is 576 g/mol. The molecule has 1 N–H and O–H groups in total. The van der Waals surface area contributed by atoms with Gasteiger partial charge in [-0.15, -0.1) is 0 Å². The molecule has 0 amide bonds. The predicted octanol–water partition coefficient (Wildman–Crippen LogP) is 11.2. The minimum absolute atomic E-state index is 0.103. The molecule has 2 fully saturated rings. The molecule has 0 bridgehead atoms. The normalized spacial score (nSPS) is 23.8. The highest BCUT2D eigenvalue weighted by molar-refractivity contribution is 7.76. The van der Waals surface area contributed by atoms with Crippen LogP contribution in [0.1, 0.15) is 163 Å². The van der Waals surface area contributed by atoms with Crippen molar-refractivity contribution in [3.63, 3.8) is 0 Å². The maximum absolute atomic E-state index is 12.8. The van der Waals surface area contributed by atoms with Crippen molar-refractivity contribution in [1.82, 2.24) is 0 Å². The number of unbranched alkanes of at least 4 members (excludes halogenated alkanes) is 7. The summed E-state index contributed by atoms with van der Waals surface area (Å²) < 4.78 is 24.3. The van der Waals surface area contributed by atoms with Crippen LogP contribution in [-0.4, -0.2) is 41.2 Å². The van der Waals surface area contributed by atoms with Crippen LogP contribution in [0.2, 0.25) is 0 Å². The molecule has 2 atom stereocenters. The summed E-state index contributed by atoms with van der Waals surface area (Å²) in [5.74, 6) is 0.775. The highest BCUT2D eigenvalue weighted by Gasteiger charge is 2.48. The van der Waals surface area contributed by atoms with Crippen molar-refractivity contribution in [1.29, 1.82) is 0 Å². The van der Waals surface area contributed by atoms with Gasteiger partial charge in [0, 0.05) is 7.26 Å². The van der Waals surface area contributed by atoms with Crippen LogP contribution in [-0.2, 0) is 13.6 Å². The number of rotatable bonds is 21. The molecule has 0 heterocycles. The fraction of sp³-hybridized carbons (Fsp3) is 1.00. The second-order valence-electron chi connectivity index (χ2n) is 12.7. The van der Waals surface area contributed by atoms with Gasteiger partial charge < -0.3 is 4.89 Å². The molecule has 0 aromatic rings. The van der Waals surface area contributed by atoms with E-state index in [1.54, 1.807) is 0 Å². The molecular formula is C32H65O4P2+. The molecule has 0 radical (unpaired) electrons. The summed E-state index contributed by atoms with van der Waals surface area (Å²) in [6.45, 7) is 9.41. The van der Waals surface area contributed by atoms with Gasteiger partial charge in [-0.05, 0) is 76.5 Å². The van der Waals surface area contributed by atoms with Gasteiger partial charge >= 0.3 is 7.82 Å². The molecule has 6 heteroatoms. The lowest BCUT2D eigenvalue weighted by Crippen LogP contribution is -2.34. The monoisotopic (exact) mass is 575 g/mol. The Morgan fingerprint density at radius 3 is 1.55 bits per heavy atom. The highest BCUT2D eigenvalue weighted by atomic mass is 31.2. The zero-order valence-electron chi connectivity index (χ0n) is 25.8. The van der Waals surface area contributed by atoms with Gasteiger partial charge in [-0.1, -0.05) is 91.9 Å². The van der Waals surface area contributed by atoms with E-state index in [2.05, 4.69) is 27.7 Å². The molecule has 0 spiro atoms. The zero-order chi connectivity index (χ0) is 27.7. The molecule has 4 nitrogen and oxygen atoms in total. The van der Waals surface area contributed by atoms with Crippen LogP contribution < -0.4 is 0 Å². The van der Waals surface area contributed by atoms with Gasteiger partial charge in [0.05, 0.1) is 36.4 Å². The van der Waals surface area contributed by atoms with Crippen molar-refractivity contribution < 1.29 is 18.5 Å². The molecule has 0 saturated heterocycles.